The lowest BCUT2D eigenvalue weighted by molar-refractivity contribution is 0.348. The van der Waals surface area contributed by atoms with Gasteiger partial charge in [-0.25, -0.2) is 0 Å². The number of hydrogen-bond acceptors (Lipinski definition) is 4. The molecular weight excluding hydrogens is 244 g/mol. The monoisotopic (exact) mass is 262 g/mol. The lowest BCUT2D eigenvalue weighted by atomic mass is 9.99. The zero-order valence-corrected chi connectivity index (χ0v) is 11.4. The van der Waals surface area contributed by atoms with E-state index in [1.54, 1.807) is 0 Å². The smallest absolute Gasteiger partial charge is 0.132 e. The molecule has 3 heterocycles. The van der Waals surface area contributed by atoms with Crippen LogP contribution in [0.2, 0.25) is 0 Å². The molecule has 0 aromatic carbocycles. The van der Waals surface area contributed by atoms with E-state index in [9.17, 15) is 0 Å². The Morgan fingerprint density at radius 1 is 1.56 bits per heavy atom. The van der Waals surface area contributed by atoms with Crippen LogP contribution in [-0.2, 0) is 19.5 Å². The molecule has 1 atom stereocenters. The average molecular weight is 262 g/mol. The lowest BCUT2D eigenvalue weighted by Gasteiger charge is -2.23. The molecule has 0 amide bonds. The maximum Gasteiger partial charge on any atom is 0.132 e. The fourth-order valence-corrected chi connectivity index (χ4v) is 3.35. The minimum absolute atomic E-state index is 0.703. The molecule has 0 spiro atoms. The van der Waals surface area contributed by atoms with Crippen LogP contribution in [0.3, 0.4) is 0 Å². The molecule has 1 N–H and O–H groups in total. The highest BCUT2D eigenvalue weighted by Crippen LogP contribution is 2.18. The number of aryl methyl sites for hydroxylation is 2. The van der Waals surface area contributed by atoms with Gasteiger partial charge in [0.2, 0.25) is 0 Å². The largest absolute Gasteiger partial charge is 0.317 e. The van der Waals surface area contributed by atoms with Gasteiger partial charge in [-0.05, 0) is 36.3 Å². The van der Waals surface area contributed by atoms with Crippen LogP contribution < -0.4 is 5.32 Å². The van der Waals surface area contributed by atoms with E-state index in [0.717, 1.165) is 31.9 Å². The zero-order chi connectivity index (χ0) is 12.4. The predicted octanol–water partition coefficient (Wildman–Crippen LogP) is 2.00. The minimum Gasteiger partial charge on any atom is -0.317 e. The summed E-state index contributed by atoms with van der Waals surface area (Å²) in [5.74, 6) is 1.84. The average Bonchev–Trinajstić information content (AvgIpc) is 2.98. The van der Waals surface area contributed by atoms with Gasteiger partial charge in [0.1, 0.15) is 12.2 Å². The summed E-state index contributed by atoms with van der Waals surface area (Å²) in [5, 5.41) is 13.8. The summed E-state index contributed by atoms with van der Waals surface area (Å²) in [6, 6.07) is 2.19. The van der Waals surface area contributed by atoms with Gasteiger partial charge in [0, 0.05) is 30.9 Å². The number of rotatable bonds is 4. The summed E-state index contributed by atoms with van der Waals surface area (Å²) in [5.41, 5.74) is 1.40. The van der Waals surface area contributed by atoms with Gasteiger partial charge in [-0.2, -0.15) is 0 Å². The molecule has 0 fully saturated rings. The van der Waals surface area contributed by atoms with Gasteiger partial charge in [0.25, 0.3) is 0 Å². The SMILES string of the molecule is Cc1ccsc1CNCC1CCc2nncn2C1. The Bertz CT molecular complexity index is 517. The predicted molar refractivity (Wildman–Crippen MR) is 72.6 cm³/mol. The van der Waals surface area contributed by atoms with Crippen molar-refractivity contribution in [1.82, 2.24) is 20.1 Å². The van der Waals surface area contributed by atoms with E-state index in [1.807, 2.05) is 17.7 Å². The molecule has 0 aliphatic carbocycles. The van der Waals surface area contributed by atoms with E-state index in [4.69, 9.17) is 0 Å². The van der Waals surface area contributed by atoms with Crippen LogP contribution in [-0.4, -0.2) is 21.3 Å². The van der Waals surface area contributed by atoms with Gasteiger partial charge in [0.05, 0.1) is 0 Å². The Balaban J connectivity index is 1.49. The summed E-state index contributed by atoms with van der Waals surface area (Å²) in [4.78, 5) is 1.45. The van der Waals surface area contributed by atoms with Gasteiger partial charge in [-0.3, -0.25) is 0 Å². The number of thiophene rings is 1. The topological polar surface area (TPSA) is 42.7 Å². The van der Waals surface area contributed by atoms with Gasteiger partial charge in [-0.1, -0.05) is 0 Å². The van der Waals surface area contributed by atoms with Crippen molar-refractivity contribution in [2.75, 3.05) is 6.54 Å². The third-order valence-corrected chi connectivity index (χ3v) is 4.64. The highest BCUT2D eigenvalue weighted by Gasteiger charge is 2.18. The first kappa shape index (κ1) is 11.9. The Morgan fingerprint density at radius 3 is 3.33 bits per heavy atom. The van der Waals surface area contributed by atoms with Crippen LogP contribution in [0.4, 0.5) is 0 Å². The molecule has 0 saturated carbocycles. The van der Waals surface area contributed by atoms with Crippen molar-refractivity contribution in [2.45, 2.75) is 32.9 Å². The fourth-order valence-electron chi connectivity index (χ4n) is 2.47. The molecule has 0 saturated heterocycles. The number of nitrogens with one attached hydrogen (secondary N) is 1. The van der Waals surface area contributed by atoms with E-state index < -0.39 is 0 Å². The maximum absolute atomic E-state index is 4.12. The van der Waals surface area contributed by atoms with Crippen molar-refractivity contribution in [2.24, 2.45) is 5.92 Å². The molecule has 1 aliphatic rings. The van der Waals surface area contributed by atoms with Crippen LogP contribution >= 0.6 is 11.3 Å². The lowest BCUT2D eigenvalue weighted by Crippen LogP contribution is -2.29. The van der Waals surface area contributed by atoms with Gasteiger partial charge in [0.15, 0.2) is 0 Å². The van der Waals surface area contributed by atoms with Crippen molar-refractivity contribution in [3.05, 3.63) is 34.0 Å². The molecular formula is C13H18N4S. The molecule has 1 unspecified atom stereocenters. The van der Waals surface area contributed by atoms with Crippen molar-refractivity contribution in [1.29, 1.82) is 0 Å². The minimum atomic E-state index is 0.703. The summed E-state index contributed by atoms with van der Waals surface area (Å²) in [6.45, 7) is 5.31. The van der Waals surface area contributed by atoms with Crippen molar-refractivity contribution in [3.63, 3.8) is 0 Å². The molecule has 18 heavy (non-hydrogen) atoms. The van der Waals surface area contributed by atoms with Crippen molar-refractivity contribution >= 4 is 11.3 Å². The number of aromatic nitrogens is 3. The second kappa shape index (κ2) is 5.20. The van der Waals surface area contributed by atoms with Gasteiger partial charge >= 0.3 is 0 Å². The van der Waals surface area contributed by atoms with Gasteiger partial charge < -0.3 is 9.88 Å². The van der Waals surface area contributed by atoms with E-state index in [1.165, 1.54) is 16.9 Å². The molecule has 3 rings (SSSR count). The van der Waals surface area contributed by atoms with Gasteiger partial charge in [-0.15, -0.1) is 21.5 Å². The second-order valence-electron chi connectivity index (χ2n) is 4.96. The molecule has 4 nitrogen and oxygen atoms in total. The number of hydrogen-bond donors (Lipinski definition) is 1. The van der Waals surface area contributed by atoms with Crippen molar-refractivity contribution in [3.8, 4) is 0 Å². The van der Waals surface area contributed by atoms with E-state index in [0.29, 0.717) is 5.92 Å². The van der Waals surface area contributed by atoms with E-state index in [2.05, 4.69) is 38.5 Å². The van der Waals surface area contributed by atoms with E-state index >= 15 is 0 Å². The Kier molecular flexibility index (Phi) is 3.43. The first-order valence-corrected chi connectivity index (χ1v) is 7.31. The molecule has 0 bridgehead atoms. The van der Waals surface area contributed by atoms with Crippen LogP contribution in [0.5, 0.6) is 0 Å². The Morgan fingerprint density at radius 2 is 2.50 bits per heavy atom. The van der Waals surface area contributed by atoms with E-state index in [-0.39, 0.29) is 0 Å². The maximum atomic E-state index is 4.12. The van der Waals surface area contributed by atoms with Crippen LogP contribution in [0.25, 0.3) is 0 Å². The Hall–Kier alpha value is -1.20. The number of nitrogens with zero attached hydrogens (tertiary/aromatic N) is 3. The van der Waals surface area contributed by atoms with Crippen LogP contribution in [0, 0.1) is 12.8 Å². The Labute approximate surface area is 111 Å². The standard InChI is InChI=1S/C13H18N4S/c1-10-4-5-18-12(10)7-14-6-11-2-3-13-16-15-9-17(13)8-11/h4-5,9,11,14H,2-3,6-8H2,1H3. The summed E-state index contributed by atoms with van der Waals surface area (Å²) in [6.07, 6.45) is 4.13. The molecule has 1 aliphatic heterocycles. The highest BCUT2D eigenvalue weighted by molar-refractivity contribution is 7.10. The second-order valence-corrected chi connectivity index (χ2v) is 5.96. The third kappa shape index (κ3) is 2.47. The summed E-state index contributed by atoms with van der Waals surface area (Å²) in [7, 11) is 0. The fraction of sp³-hybridized carbons (Fsp3) is 0.538. The molecule has 2 aromatic rings. The summed E-state index contributed by atoms with van der Waals surface area (Å²) < 4.78 is 2.19. The quantitative estimate of drug-likeness (QED) is 0.916. The van der Waals surface area contributed by atoms with Crippen LogP contribution in [0.1, 0.15) is 22.7 Å². The molecule has 96 valence electrons. The number of fused-ring (bicyclic) bond motifs is 1. The summed E-state index contributed by atoms with van der Waals surface area (Å²) >= 11 is 1.84. The molecule has 0 radical (unpaired) electrons. The molecule has 5 heteroatoms. The first-order chi connectivity index (χ1) is 8.83. The van der Waals surface area contributed by atoms with Crippen LogP contribution in [0.15, 0.2) is 17.8 Å². The van der Waals surface area contributed by atoms with Crippen molar-refractivity contribution < 1.29 is 0 Å². The first-order valence-electron chi connectivity index (χ1n) is 6.43. The highest BCUT2D eigenvalue weighted by atomic mass is 32.1. The normalized spacial score (nSPS) is 18.8. The zero-order valence-electron chi connectivity index (χ0n) is 10.6. The molecule has 2 aromatic heterocycles. The third-order valence-electron chi connectivity index (χ3n) is 3.61.